The average molecular weight is 248 g/mol. The molecular formula is C10H18BrNO. The van der Waals surface area contributed by atoms with Crippen LogP contribution in [0, 0.1) is 5.92 Å². The summed E-state index contributed by atoms with van der Waals surface area (Å²) in [6, 6.07) is 0. The van der Waals surface area contributed by atoms with Crippen molar-refractivity contribution in [3.63, 3.8) is 0 Å². The number of halogens is 1. The molecule has 0 saturated heterocycles. The highest BCUT2D eigenvalue weighted by Crippen LogP contribution is 2.28. The molecular weight excluding hydrogens is 230 g/mol. The molecule has 1 atom stereocenters. The number of hydrogen-bond acceptors (Lipinski definition) is 1. The molecule has 76 valence electrons. The Morgan fingerprint density at radius 2 is 1.62 bits per heavy atom. The summed E-state index contributed by atoms with van der Waals surface area (Å²) >= 11 is 3.39. The molecule has 1 unspecified atom stereocenters. The van der Waals surface area contributed by atoms with Gasteiger partial charge in [-0.15, -0.1) is 0 Å². The second kappa shape index (κ2) is 5.63. The summed E-state index contributed by atoms with van der Waals surface area (Å²) in [5, 5.41) is 0. The number of amides is 1. The molecule has 0 heterocycles. The first-order chi connectivity index (χ1) is 6.22. The van der Waals surface area contributed by atoms with Crippen molar-refractivity contribution in [2.75, 3.05) is 0 Å². The number of rotatable bonds is 2. The molecule has 1 fully saturated rings. The van der Waals surface area contributed by atoms with E-state index in [1.54, 1.807) is 0 Å². The molecule has 1 saturated carbocycles. The van der Waals surface area contributed by atoms with Crippen LogP contribution in [0.15, 0.2) is 0 Å². The van der Waals surface area contributed by atoms with E-state index in [4.69, 9.17) is 5.73 Å². The maximum atomic E-state index is 11.0. The zero-order valence-corrected chi connectivity index (χ0v) is 9.55. The van der Waals surface area contributed by atoms with Crippen molar-refractivity contribution in [2.24, 2.45) is 11.7 Å². The van der Waals surface area contributed by atoms with E-state index in [2.05, 4.69) is 15.9 Å². The van der Waals surface area contributed by atoms with Crippen LogP contribution in [-0.4, -0.2) is 10.7 Å². The Kier molecular flexibility index (Phi) is 4.78. The number of alkyl halides is 1. The molecule has 1 amide bonds. The molecule has 0 aliphatic heterocycles. The van der Waals surface area contributed by atoms with Crippen molar-refractivity contribution < 1.29 is 4.79 Å². The summed E-state index contributed by atoms with van der Waals surface area (Å²) < 4.78 is 0. The molecule has 0 bridgehead atoms. The fourth-order valence-corrected chi connectivity index (χ4v) is 2.54. The van der Waals surface area contributed by atoms with Gasteiger partial charge in [0.15, 0.2) is 0 Å². The van der Waals surface area contributed by atoms with Crippen LogP contribution in [-0.2, 0) is 4.79 Å². The van der Waals surface area contributed by atoms with Crippen LogP contribution in [0.3, 0.4) is 0 Å². The number of hydrogen-bond donors (Lipinski definition) is 1. The van der Waals surface area contributed by atoms with Gasteiger partial charge in [-0.1, -0.05) is 48.0 Å². The summed E-state index contributed by atoms with van der Waals surface area (Å²) in [4.78, 5) is 10.9. The highest BCUT2D eigenvalue weighted by molar-refractivity contribution is 9.10. The van der Waals surface area contributed by atoms with Gasteiger partial charge >= 0.3 is 0 Å². The first kappa shape index (κ1) is 11.0. The Morgan fingerprint density at radius 3 is 2.08 bits per heavy atom. The van der Waals surface area contributed by atoms with Gasteiger partial charge in [0.2, 0.25) is 5.91 Å². The largest absolute Gasteiger partial charge is 0.369 e. The second-order valence-electron chi connectivity index (χ2n) is 3.91. The predicted octanol–water partition coefficient (Wildman–Crippen LogP) is 2.60. The van der Waals surface area contributed by atoms with Crippen molar-refractivity contribution in [3.8, 4) is 0 Å². The summed E-state index contributed by atoms with van der Waals surface area (Å²) in [6.45, 7) is 0. The van der Waals surface area contributed by atoms with Gasteiger partial charge in [-0.2, -0.15) is 0 Å². The Labute approximate surface area is 88.4 Å². The number of primary amides is 1. The summed E-state index contributed by atoms with van der Waals surface area (Å²) in [5.74, 6) is 0.267. The zero-order valence-electron chi connectivity index (χ0n) is 7.97. The summed E-state index contributed by atoms with van der Waals surface area (Å²) in [6.07, 6.45) is 8.79. The maximum absolute atomic E-state index is 11.0. The summed E-state index contributed by atoms with van der Waals surface area (Å²) in [5.41, 5.74) is 5.27. The monoisotopic (exact) mass is 247 g/mol. The minimum atomic E-state index is -0.203. The van der Waals surface area contributed by atoms with Gasteiger partial charge in [0.25, 0.3) is 0 Å². The fraction of sp³-hybridized carbons (Fsp3) is 0.900. The number of nitrogens with two attached hydrogens (primary N) is 1. The topological polar surface area (TPSA) is 43.1 Å². The van der Waals surface area contributed by atoms with E-state index in [0.29, 0.717) is 5.92 Å². The molecule has 0 aromatic carbocycles. The molecule has 1 rings (SSSR count). The van der Waals surface area contributed by atoms with Crippen LogP contribution in [0.4, 0.5) is 0 Å². The SMILES string of the molecule is NC(=O)C(Br)C1CCCCCCC1. The standard InChI is InChI=1S/C10H18BrNO/c11-9(10(12)13)8-6-4-2-1-3-5-7-8/h8-9H,1-7H2,(H2,12,13). The van der Waals surface area contributed by atoms with E-state index in [9.17, 15) is 4.79 Å². The first-order valence-electron chi connectivity index (χ1n) is 5.15. The van der Waals surface area contributed by atoms with Crippen LogP contribution in [0.1, 0.15) is 44.9 Å². The minimum absolute atomic E-state index is 0.106. The van der Waals surface area contributed by atoms with Crippen LogP contribution in [0.25, 0.3) is 0 Å². The highest BCUT2D eigenvalue weighted by atomic mass is 79.9. The normalized spacial score (nSPS) is 23.2. The van der Waals surface area contributed by atoms with E-state index in [-0.39, 0.29) is 10.7 Å². The highest BCUT2D eigenvalue weighted by Gasteiger charge is 2.23. The van der Waals surface area contributed by atoms with Crippen LogP contribution in [0.5, 0.6) is 0 Å². The van der Waals surface area contributed by atoms with E-state index in [1.165, 1.54) is 32.1 Å². The Morgan fingerprint density at radius 1 is 1.15 bits per heavy atom. The Balaban J connectivity index is 2.40. The Bertz CT molecular complexity index is 164. The quantitative estimate of drug-likeness (QED) is 0.750. The van der Waals surface area contributed by atoms with Crippen molar-refractivity contribution in [1.82, 2.24) is 0 Å². The molecule has 1 aliphatic carbocycles. The first-order valence-corrected chi connectivity index (χ1v) is 6.07. The van der Waals surface area contributed by atoms with Gasteiger partial charge in [-0.3, -0.25) is 4.79 Å². The third-order valence-electron chi connectivity index (χ3n) is 2.84. The van der Waals surface area contributed by atoms with E-state index in [0.717, 1.165) is 12.8 Å². The minimum Gasteiger partial charge on any atom is -0.369 e. The molecule has 0 aromatic rings. The van der Waals surface area contributed by atoms with E-state index < -0.39 is 0 Å². The van der Waals surface area contributed by atoms with Gasteiger partial charge in [-0.25, -0.2) is 0 Å². The lowest BCUT2D eigenvalue weighted by molar-refractivity contribution is -0.118. The van der Waals surface area contributed by atoms with Gasteiger partial charge in [0, 0.05) is 0 Å². The molecule has 3 heteroatoms. The molecule has 13 heavy (non-hydrogen) atoms. The molecule has 2 nitrogen and oxygen atoms in total. The van der Waals surface area contributed by atoms with Crippen LogP contribution >= 0.6 is 15.9 Å². The third-order valence-corrected chi connectivity index (χ3v) is 4.03. The van der Waals surface area contributed by atoms with E-state index >= 15 is 0 Å². The van der Waals surface area contributed by atoms with Gasteiger partial charge < -0.3 is 5.73 Å². The summed E-state index contributed by atoms with van der Waals surface area (Å²) in [7, 11) is 0. The lowest BCUT2D eigenvalue weighted by atomic mass is 9.89. The lowest BCUT2D eigenvalue weighted by Gasteiger charge is -2.22. The number of carbonyl (C=O) groups excluding carboxylic acids is 1. The number of carbonyl (C=O) groups is 1. The molecule has 0 spiro atoms. The van der Waals surface area contributed by atoms with Gasteiger partial charge in [-0.05, 0) is 18.8 Å². The smallest absolute Gasteiger partial charge is 0.231 e. The molecule has 0 aromatic heterocycles. The predicted molar refractivity (Wildman–Crippen MR) is 57.7 cm³/mol. The van der Waals surface area contributed by atoms with Crippen molar-refractivity contribution in [2.45, 2.75) is 49.8 Å². The van der Waals surface area contributed by atoms with Crippen molar-refractivity contribution >= 4 is 21.8 Å². The average Bonchev–Trinajstić information content (AvgIpc) is 2.02. The maximum Gasteiger partial charge on any atom is 0.231 e. The van der Waals surface area contributed by atoms with Crippen LogP contribution < -0.4 is 5.73 Å². The fourth-order valence-electron chi connectivity index (χ4n) is 2.01. The van der Waals surface area contributed by atoms with Crippen molar-refractivity contribution in [1.29, 1.82) is 0 Å². The molecule has 1 aliphatic rings. The molecule has 2 N–H and O–H groups in total. The van der Waals surface area contributed by atoms with Crippen LogP contribution in [0.2, 0.25) is 0 Å². The Hall–Kier alpha value is -0.0500. The zero-order chi connectivity index (χ0) is 9.68. The van der Waals surface area contributed by atoms with Crippen molar-refractivity contribution in [3.05, 3.63) is 0 Å². The molecule has 0 radical (unpaired) electrons. The van der Waals surface area contributed by atoms with E-state index in [1.807, 2.05) is 0 Å². The van der Waals surface area contributed by atoms with Gasteiger partial charge in [0.1, 0.15) is 0 Å². The lowest BCUT2D eigenvalue weighted by Crippen LogP contribution is -2.30. The third kappa shape index (κ3) is 3.67. The van der Waals surface area contributed by atoms with Gasteiger partial charge in [0.05, 0.1) is 4.83 Å². The second-order valence-corrected chi connectivity index (χ2v) is 4.90.